The van der Waals surface area contributed by atoms with Gasteiger partial charge in [0.15, 0.2) is 0 Å². The predicted octanol–water partition coefficient (Wildman–Crippen LogP) is 2.63. The third-order valence-corrected chi connectivity index (χ3v) is 2.92. The van der Waals surface area contributed by atoms with Crippen LogP contribution in [0.1, 0.15) is 5.56 Å². The molecule has 0 heterocycles. The summed E-state index contributed by atoms with van der Waals surface area (Å²) >= 11 is 1.82. The maximum atomic E-state index is 10.6. The fourth-order valence-corrected chi connectivity index (χ4v) is 1.75. The van der Waals surface area contributed by atoms with Crippen LogP contribution in [-0.4, -0.2) is 4.92 Å². The van der Waals surface area contributed by atoms with E-state index in [2.05, 4.69) is 0 Å². The third-order valence-electron chi connectivity index (χ3n) is 1.75. The van der Waals surface area contributed by atoms with Gasteiger partial charge in [0.1, 0.15) is 17.7 Å². The van der Waals surface area contributed by atoms with Gasteiger partial charge in [0.05, 0.1) is 8.49 Å². The SMILES string of the molecule is N#CC(C#N)=Cc1cccc([N+](=O)[O-])c1I. The van der Waals surface area contributed by atoms with Gasteiger partial charge in [0.2, 0.25) is 0 Å². The van der Waals surface area contributed by atoms with Crippen LogP contribution < -0.4 is 0 Å². The van der Waals surface area contributed by atoms with E-state index in [-0.39, 0.29) is 11.3 Å². The molecule has 0 aliphatic carbocycles. The molecule has 0 aliphatic rings. The predicted molar refractivity (Wildman–Crippen MR) is 65.0 cm³/mol. The summed E-state index contributed by atoms with van der Waals surface area (Å²) in [6, 6.07) is 7.91. The third kappa shape index (κ3) is 2.55. The van der Waals surface area contributed by atoms with Crippen molar-refractivity contribution < 1.29 is 4.92 Å². The van der Waals surface area contributed by atoms with Crippen LogP contribution in [0.15, 0.2) is 23.8 Å². The van der Waals surface area contributed by atoms with Crippen molar-refractivity contribution in [1.29, 1.82) is 10.5 Å². The minimum Gasteiger partial charge on any atom is -0.258 e. The minimum atomic E-state index is -0.502. The Bertz CT molecular complexity index is 536. The summed E-state index contributed by atoms with van der Waals surface area (Å²) < 4.78 is 0.410. The van der Waals surface area contributed by atoms with Gasteiger partial charge in [-0.15, -0.1) is 0 Å². The van der Waals surface area contributed by atoms with E-state index in [9.17, 15) is 10.1 Å². The van der Waals surface area contributed by atoms with Crippen molar-refractivity contribution in [2.75, 3.05) is 0 Å². The first-order valence-electron chi connectivity index (χ1n) is 4.05. The summed E-state index contributed by atoms with van der Waals surface area (Å²) in [6.45, 7) is 0. The lowest BCUT2D eigenvalue weighted by atomic mass is 10.1. The molecule has 0 saturated carbocycles. The Morgan fingerprint density at radius 3 is 2.56 bits per heavy atom. The number of allylic oxidation sites excluding steroid dienone is 1. The van der Waals surface area contributed by atoms with Crippen molar-refractivity contribution >= 4 is 34.4 Å². The molecule has 78 valence electrons. The fourth-order valence-electron chi connectivity index (χ4n) is 1.03. The molecule has 0 saturated heterocycles. The number of benzene rings is 1. The molecule has 0 fully saturated rings. The first kappa shape index (κ1) is 12.1. The average Bonchev–Trinajstić information content (AvgIpc) is 2.27. The number of hydrogen-bond donors (Lipinski definition) is 0. The molecule has 5 nitrogen and oxygen atoms in total. The molecule has 0 atom stereocenters. The van der Waals surface area contributed by atoms with Gasteiger partial charge in [-0.25, -0.2) is 0 Å². The van der Waals surface area contributed by atoms with E-state index in [0.717, 1.165) is 0 Å². The number of rotatable bonds is 2. The first-order valence-corrected chi connectivity index (χ1v) is 5.13. The number of nitro benzene ring substituents is 1. The summed E-state index contributed by atoms with van der Waals surface area (Å²) in [4.78, 5) is 10.1. The Hall–Kier alpha value is -1.93. The van der Waals surface area contributed by atoms with E-state index in [1.807, 2.05) is 22.6 Å². The molecule has 0 aliphatic heterocycles. The van der Waals surface area contributed by atoms with Gasteiger partial charge in [-0.1, -0.05) is 12.1 Å². The molecule has 0 amide bonds. The molecule has 1 aromatic carbocycles. The van der Waals surface area contributed by atoms with Gasteiger partial charge < -0.3 is 0 Å². The molecule has 0 bridgehead atoms. The lowest BCUT2D eigenvalue weighted by Gasteiger charge is -1.99. The standard InChI is InChI=1S/C10H4IN3O2/c11-10-8(4-7(5-12)6-13)2-1-3-9(10)14(15)16/h1-4H. The Morgan fingerprint density at radius 1 is 1.44 bits per heavy atom. The smallest absolute Gasteiger partial charge is 0.258 e. The van der Waals surface area contributed by atoms with E-state index in [4.69, 9.17) is 10.5 Å². The van der Waals surface area contributed by atoms with Crippen molar-refractivity contribution in [2.45, 2.75) is 0 Å². The highest BCUT2D eigenvalue weighted by Gasteiger charge is 2.13. The second-order valence-electron chi connectivity index (χ2n) is 2.72. The zero-order valence-corrected chi connectivity index (χ0v) is 10.0. The number of nitrogens with zero attached hydrogens (tertiary/aromatic N) is 3. The zero-order valence-electron chi connectivity index (χ0n) is 7.85. The monoisotopic (exact) mass is 325 g/mol. The van der Waals surface area contributed by atoms with Gasteiger partial charge in [-0.05, 0) is 34.2 Å². The molecule has 1 aromatic rings. The molecule has 0 N–H and O–H groups in total. The molecular formula is C10H4IN3O2. The Morgan fingerprint density at radius 2 is 2.06 bits per heavy atom. The second kappa shape index (κ2) is 5.24. The fraction of sp³-hybridized carbons (Fsp3) is 0. The molecule has 0 unspecified atom stereocenters. The topological polar surface area (TPSA) is 90.7 Å². The van der Waals surface area contributed by atoms with E-state index in [1.54, 1.807) is 18.2 Å². The van der Waals surface area contributed by atoms with Gasteiger partial charge in [-0.3, -0.25) is 10.1 Å². The van der Waals surface area contributed by atoms with Crippen LogP contribution in [0.5, 0.6) is 0 Å². The summed E-state index contributed by atoms with van der Waals surface area (Å²) in [7, 11) is 0. The van der Waals surface area contributed by atoms with Gasteiger partial charge in [0.25, 0.3) is 5.69 Å². The molecule has 0 spiro atoms. The largest absolute Gasteiger partial charge is 0.283 e. The number of nitriles is 2. The highest BCUT2D eigenvalue weighted by Crippen LogP contribution is 2.25. The van der Waals surface area contributed by atoms with Crippen LogP contribution in [0.25, 0.3) is 6.08 Å². The van der Waals surface area contributed by atoms with Crippen molar-refractivity contribution in [3.63, 3.8) is 0 Å². The van der Waals surface area contributed by atoms with Gasteiger partial charge in [0, 0.05) is 6.07 Å². The summed E-state index contributed by atoms with van der Waals surface area (Å²) in [5.74, 6) is 0. The lowest BCUT2D eigenvalue weighted by molar-refractivity contribution is -0.385. The Labute approximate surface area is 105 Å². The summed E-state index contributed by atoms with van der Waals surface area (Å²) in [6.07, 6.45) is 1.33. The maximum absolute atomic E-state index is 10.6. The molecule has 0 radical (unpaired) electrons. The number of hydrogen-bond acceptors (Lipinski definition) is 4. The first-order chi connectivity index (χ1) is 7.60. The van der Waals surface area contributed by atoms with E-state index in [0.29, 0.717) is 9.13 Å². The van der Waals surface area contributed by atoms with Crippen molar-refractivity contribution in [2.24, 2.45) is 0 Å². The average molecular weight is 325 g/mol. The zero-order chi connectivity index (χ0) is 12.1. The van der Waals surface area contributed by atoms with Crippen LogP contribution >= 0.6 is 22.6 Å². The number of halogens is 1. The molecular weight excluding hydrogens is 321 g/mol. The van der Waals surface area contributed by atoms with E-state index in [1.165, 1.54) is 18.2 Å². The van der Waals surface area contributed by atoms with E-state index >= 15 is 0 Å². The molecule has 1 rings (SSSR count). The van der Waals surface area contributed by atoms with Crippen LogP contribution in [-0.2, 0) is 0 Å². The second-order valence-corrected chi connectivity index (χ2v) is 3.80. The molecule has 6 heteroatoms. The lowest BCUT2D eigenvalue weighted by Crippen LogP contribution is -1.93. The highest BCUT2D eigenvalue weighted by molar-refractivity contribution is 14.1. The molecule has 16 heavy (non-hydrogen) atoms. The van der Waals surface area contributed by atoms with Gasteiger partial charge >= 0.3 is 0 Å². The van der Waals surface area contributed by atoms with Crippen LogP contribution in [0.3, 0.4) is 0 Å². The van der Waals surface area contributed by atoms with Crippen LogP contribution in [0.4, 0.5) is 5.69 Å². The Kier molecular flexibility index (Phi) is 3.97. The van der Waals surface area contributed by atoms with E-state index < -0.39 is 4.92 Å². The van der Waals surface area contributed by atoms with Gasteiger partial charge in [-0.2, -0.15) is 10.5 Å². The summed E-state index contributed by atoms with van der Waals surface area (Å²) in [5, 5.41) is 27.8. The normalized spacial score (nSPS) is 8.69. The highest BCUT2D eigenvalue weighted by atomic mass is 127. The minimum absolute atomic E-state index is 0.0374. The number of nitro groups is 1. The quantitative estimate of drug-likeness (QED) is 0.362. The van der Waals surface area contributed by atoms with Crippen LogP contribution in [0, 0.1) is 36.3 Å². The van der Waals surface area contributed by atoms with Crippen LogP contribution in [0.2, 0.25) is 0 Å². The van der Waals surface area contributed by atoms with Crippen molar-refractivity contribution in [1.82, 2.24) is 0 Å². The molecule has 0 aromatic heterocycles. The van der Waals surface area contributed by atoms with Crippen molar-refractivity contribution in [3.05, 3.63) is 43.0 Å². The van der Waals surface area contributed by atoms with Crippen molar-refractivity contribution in [3.8, 4) is 12.1 Å². The summed E-state index contributed by atoms with van der Waals surface area (Å²) in [5.41, 5.74) is 0.371. The maximum Gasteiger partial charge on any atom is 0.283 e. The Balaban J connectivity index is 3.34.